The van der Waals surface area contributed by atoms with Crippen LogP contribution in [-0.4, -0.2) is 19.8 Å². The highest BCUT2D eigenvalue weighted by Gasteiger charge is 2.19. The first-order valence-corrected chi connectivity index (χ1v) is 6.32. The van der Waals surface area contributed by atoms with Gasteiger partial charge in [-0.2, -0.15) is 0 Å². The minimum atomic E-state index is 0. The summed E-state index contributed by atoms with van der Waals surface area (Å²) in [5.41, 5.74) is 7.88. The molecule has 0 saturated carbocycles. The second-order valence-electron chi connectivity index (χ2n) is 3.47. The van der Waals surface area contributed by atoms with Crippen molar-refractivity contribution in [1.29, 1.82) is 0 Å². The van der Waals surface area contributed by atoms with Crippen LogP contribution in [0, 0.1) is 0 Å². The van der Waals surface area contributed by atoms with Gasteiger partial charge in [0.1, 0.15) is 0 Å². The first-order valence-electron chi connectivity index (χ1n) is 4.74. The Kier molecular flexibility index (Phi) is 5.53. The Morgan fingerprint density at radius 1 is 1.38 bits per heavy atom. The maximum absolute atomic E-state index is 6.02. The van der Waals surface area contributed by atoms with Crippen molar-refractivity contribution in [3.63, 3.8) is 0 Å². The molecule has 0 bridgehead atoms. The van der Waals surface area contributed by atoms with Gasteiger partial charge < -0.3 is 15.8 Å². The fraction of sp³-hybridized carbons (Fsp3) is 0.400. The van der Waals surface area contributed by atoms with Crippen LogP contribution >= 0.6 is 44.3 Å². The standard InChI is InChI=1S/C10H12Br2N2O.ClH/c11-6-3-7(10(13)8(12)4-6)9-5-15-2-1-14-9;/h3-4,9,14H,1-2,5,13H2;1H/t9-;/m0./s1. The van der Waals surface area contributed by atoms with E-state index in [1.165, 1.54) is 0 Å². The van der Waals surface area contributed by atoms with E-state index in [1.807, 2.05) is 12.1 Å². The highest BCUT2D eigenvalue weighted by molar-refractivity contribution is 9.11. The maximum Gasteiger partial charge on any atom is 0.0662 e. The topological polar surface area (TPSA) is 47.3 Å². The summed E-state index contributed by atoms with van der Waals surface area (Å²) in [5.74, 6) is 0. The molecule has 1 aromatic carbocycles. The molecule has 90 valence electrons. The summed E-state index contributed by atoms with van der Waals surface area (Å²) in [6.45, 7) is 2.31. The maximum atomic E-state index is 6.02. The number of morpholine rings is 1. The zero-order chi connectivity index (χ0) is 10.8. The van der Waals surface area contributed by atoms with Crippen molar-refractivity contribution in [2.45, 2.75) is 6.04 Å². The highest BCUT2D eigenvalue weighted by Crippen LogP contribution is 2.32. The smallest absolute Gasteiger partial charge is 0.0662 e. The van der Waals surface area contributed by atoms with E-state index < -0.39 is 0 Å². The van der Waals surface area contributed by atoms with Gasteiger partial charge in [0.25, 0.3) is 0 Å². The molecule has 2 rings (SSSR count). The minimum Gasteiger partial charge on any atom is -0.398 e. The lowest BCUT2D eigenvalue weighted by Gasteiger charge is -2.25. The van der Waals surface area contributed by atoms with Gasteiger partial charge in [-0.3, -0.25) is 0 Å². The summed E-state index contributed by atoms with van der Waals surface area (Å²) in [6, 6.07) is 4.17. The molecule has 0 aromatic heterocycles. The lowest BCUT2D eigenvalue weighted by molar-refractivity contribution is 0.0770. The van der Waals surface area contributed by atoms with Crippen LogP contribution < -0.4 is 11.1 Å². The minimum absolute atomic E-state index is 0. The molecule has 0 aliphatic carbocycles. The SMILES string of the molecule is Cl.Nc1c(Br)cc(Br)cc1[C@@H]1COCCN1. The highest BCUT2D eigenvalue weighted by atomic mass is 79.9. The van der Waals surface area contributed by atoms with Crippen molar-refractivity contribution in [1.82, 2.24) is 5.32 Å². The molecule has 3 N–H and O–H groups in total. The fourth-order valence-electron chi connectivity index (χ4n) is 1.66. The summed E-state index contributed by atoms with van der Waals surface area (Å²) in [7, 11) is 0. The number of nitrogen functional groups attached to an aromatic ring is 1. The third kappa shape index (κ3) is 3.11. The number of halogens is 3. The van der Waals surface area contributed by atoms with Crippen molar-refractivity contribution in [2.75, 3.05) is 25.5 Å². The van der Waals surface area contributed by atoms with Gasteiger partial charge in [0.05, 0.1) is 24.9 Å². The zero-order valence-corrected chi connectivity index (χ0v) is 12.5. The van der Waals surface area contributed by atoms with Crippen LogP contribution in [0.4, 0.5) is 5.69 Å². The van der Waals surface area contributed by atoms with E-state index in [2.05, 4.69) is 37.2 Å². The monoisotopic (exact) mass is 370 g/mol. The Balaban J connectivity index is 0.00000128. The van der Waals surface area contributed by atoms with Gasteiger partial charge >= 0.3 is 0 Å². The Hall–Kier alpha value is 0.190. The molecule has 1 aliphatic heterocycles. The first-order chi connectivity index (χ1) is 7.18. The largest absolute Gasteiger partial charge is 0.398 e. The summed E-state index contributed by atoms with van der Waals surface area (Å²) in [5, 5.41) is 3.38. The van der Waals surface area contributed by atoms with Crippen molar-refractivity contribution in [3.05, 3.63) is 26.6 Å². The summed E-state index contributed by atoms with van der Waals surface area (Å²) in [4.78, 5) is 0. The average molecular weight is 372 g/mol. The van der Waals surface area contributed by atoms with Gasteiger partial charge in [0.2, 0.25) is 0 Å². The van der Waals surface area contributed by atoms with Gasteiger partial charge in [0.15, 0.2) is 0 Å². The summed E-state index contributed by atoms with van der Waals surface area (Å²) >= 11 is 6.90. The van der Waals surface area contributed by atoms with Crippen LogP contribution in [0.25, 0.3) is 0 Å². The van der Waals surface area contributed by atoms with E-state index in [9.17, 15) is 0 Å². The molecular weight excluding hydrogens is 359 g/mol. The van der Waals surface area contributed by atoms with E-state index in [-0.39, 0.29) is 18.4 Å². The summed E-state index contributed by atoms with van der Waals surface area (Å²) in [6.07, 6.45) is 0. The molecule has 1 aliphatic rings. The Morgan fingerprint density at radius 3 is 2.75 bits per heavy atom. The normalized spacial score (nSPS) is 20.2. The van der Waals surface area contributed by atoms with Crippen LogP contribution in [0.5, 0.6) is 0 Å². The second kappa shape index (κ2) is 6.21. The van der Waals surface area contributed by atoms with Crippen LogP contribution in [0.2, 0.25) is 0 Å². The molecule has 1 fully saturated rings. The third-order valence-electron chi connectivity index (χ3n) is 2.42. The molecular formula is C10H13Br2ClN2O. The Morgan fingerprint density at radius 2 is 2.12 bits per heavy atom. The van der Waals surface area contributed by atoms with Crippen molar-refractivity contribution < 1.29 is 4.74 Å². The van der Waals surface area contributed by atoms with Crippen LogP contribution in [0.15, 0.2) is 21.1 Å². The summed E-state index contributed by atoms with van der Waals surface area (Å²) < 4.78 is 7.36. The van der Waals surface area contributed by atoms with E-state index in [0.29, 0.717) is 6.61 Å². The second-order valence-corrected chi connectivity index (χ2v) is 5.24. The van der Waals surface area contributed by atoms with Gasteiger partial charge in [-0.1, -0.05) is 15.9 Å². The van der Waals surface area contributed by atoms with E-state index in [1.54, 1.807) is 0 Å². The zero-order valence-electron chi connectivity index (χ0n) is 8.50. The molecule has 0 spiro atoms. The average Bonchev–Trinajstić information content (AvgIpc) is 2.24. The number of nitrogens with one attached hydrogen (secondary N) is 1. The van der Waals surface area contributed by atoms with Gasteiger partial charge in [-0.25, -0.2) is 0 Å². The fourth-order valence-corrected chi connectivity index (χ4v) is 2.92. The van der Waals surface area contributed by atoms with E-state index >= 15 is 0 Å². The number of benzene rings is 1. The van der Waals surface area contributed by atoms with Crippen LogP contribution in [0.1, 0.15) is 11.6 Å². The van der Waals surface area contributed by atoms with Gasteiger partial charge in [-0.15, -0.1) is 12.4 Å². The molecule has 1 heterocycles. The first kappa shape index (κ1) is 14.3. The molecule has 0 unspecified atom stereocenters. The number of ether oxygens (including phenoxy) is 1. The molecule has 1 aromatic rings. The predicted octanol–water partition coefficient (Wildman–Crippen LogP) is 2.88. The number of rotatable bonds is 1. The van der Waals surface area contributed by atoms with Crippen LogP contribution in [-0.2, 0) is 4.74 Å². The molecule has 1 saturated heterocycles. The molecule has 1 atom stereocenters. The van der Waals surface area contributed by atoms with Crippen molar-refractivity contribution in [3.8, 4) is 0 Å². The van der Waals surface area contributed by atoms with Gasteiger partial charge in [0, 0.05) is 15.5 Å². The molecule has 16 heavy (non-hydrogen) atoms. The van der Waals surface area contributed by atoms with Crippen molar-refractivity contribution >= 4 is 50.0 Å². The van der Waals surface area contributed by atoms with Gasteiger partial charge in [-0.05, 0) is 33.6 Å². The lowest BCUT2D eigenvalue weighted by atomic mass is 10.0. The Labute approximate surface area is 118 Å². The number of anilines is 1. The molecule has 0 radical (unpaired) electrons. The molecule has 3 nitrogen and oxygen atoms in total. The molecule has 0 amide bonds. The van der Waals surface area contributed by atoms with E-state index in [0.717, 1.165) is 33.3 Å². The third-order valence-corrected chi connectivity index (χ3v) is 3.54. The number of hydrogen-bond donors (Lipinski definition) is 2. The van der Waals surface area contributed by atoms with Crippen molar-refractivity contribution in [2.24, 2.45) is 0 Å². The lowest BCUT2D eigenvalue weighted by Crippen LogP contribution is -2.35. The number of hydrogen-bond acceptors (Lipinski definition) is 3. The number of nitrogens with two attached hydrogens (primary N) is 1. The van der Waals surface area contributed by atoms with E-state index in [4.69, 9.17) is 10.5 Å². The quantitative estimate of drug-likeness (QED) is 0.746. The van der Waals surface area contributed by atoms with Crippen LogP contribution in [0.3, 0.4) is 0 Å². The Bertz CT molecular complexity index is 370. The predicted molar refractivity (Wildman–Crippen MR) is 75.1 cm³/mol. The molecule has 6 heteroatoms.